The van der Waals surface area contributed by atoms with Gasteiger partial charge in [0.15, 0.2) is 17.5 Å². The number of hydrogen-bond donors (Lipinski definition) is 0. The Kier molecular flexibility index (Phi) is 6.42. The number of hydrogen-bond acceptors (Lipinski definition) is 5. The maximum absolute atomic E-state index is 6.65. The van der Waals surface area contributed by atoms with Crippen LogP contribution >= 0.6 is 0 Å². The number of nitrogens with zero attached hydrogens (tertiary/aromatic N) is 3. The second kappa shape index (κ2) is 11.4. The molecule has 0 spiro atoms. The molecule has 0 fully saturated rings. The minimum Gasteiger partial charge on any atom is -0.455 e. The molecule has 0 saturated heterocycles. The molecule has 10 rings (SSSR count). The summed E-state index contributed by atoms with van der Waals surface area (Å²) in [5.41, 5.74) is 9.97. The summed E-state index contributed by atoms with van der Waals surface area (Å²) >= 11 is 0. The molecule has 3 heterocycles. The molecule has 0 amide bonds. The van der Waals surface area contributed by atoms with E-state index in [9.17, 15) is 0 Å². The highest BCUT2D eigenvalue weighted by molar-refractivity contribution is 6.17. The van der Waals surface area contributed by atoms with Gasteiger partial charge in [-0.15, -0.1) is 0 Å². The molecule has 5 heteroatoms. The zero-order valence-corrected chi connectivity index (χ0v) is 26.7. The van der Waals surface area contributed by atoms with Crippen LogP contribution < -0.4 is 0 Å². The highest BCUT2D eigenvalue weighted by atomic mass is 16.3. The third kappa shape index (κ3) is 4.52. The summed E-state index contributed by atoms with van der Waals surface area (Å²) in [5, 5.41) is 4.14. The monoisotopic (exact) mass is 641 g/mol. The van der Waals surface area contributed by atoms with Gasteiger partial charge in [0.1, 0.15) is 22.3 Å². The van der Waals surface area contributed by atoms with Crippen molar-refractivity contribution in [1.82, 2.24) is 15.0 Å². The fraction of sp³-hybridized carbons (Fsp3) is 0. The van der Waals surface area contributed by atoms with E-state index in [1.807, 2.05) is 78.9 Å². The van der Waals surface area contributed by atoms with E-state index in [0.717, 1.165) is 82.8 Å². The zero-order chi connectivity index (χ0) is 33.0. The molecule has 0 aliphatic carbocycles. The normalized spacial score (nSPS) is 11.6. The van der Waals surface area contributed by atoms with Gasteiger partial charge in [-0.1, -0.05) is 140 Å². The van der Waals surface area contributed by atoms with Crippen LogP contribution in [0.25, 0.3) is 100 Å². The fourth-order valence-electron chi connectivity index (χ4n) is 7.06. The number of fused-ring (bicyclic) bond motifs is 6. The second-order valence-corrected chi connectivity index (χ2v) is 12.3. The van der Waals surface area contributed by atoms with Crippen molar-refractivity contribution < 1.29 is 8.83 Å². The van der Waals surface area contributed by atoms with E-state index in [4.69, 9.17) is 23.8 Å². The average molecular weight is 642 g/mol. The minimum atomic E-state index is 0.522. The van der Waals surface area contributed by atoms with Crippen molar-refractivity contribution >= 4 is 43.9 Å². The summed E-state index contributed by atoms with van der Waals surface area (Å²) in [6.45, 7) is 0. The molecule has 0 aliphatic rings. The van der Waals surface area contributed by atoms with Gasteiger partial charge in [-0.3, -0.25) is 0 Å². The van der Waals surface area contributed by atoms with E-state index in [1.165, 1.54) is 0 Å². The molecule has 5 nitrogen and oxygen atoms in total. The SMILES string of the molecule is c1ccc(-c2nc(-c3ccc(-c4ccccc4)c4c3oc3ccccc34)nc(-c3ccc(-c4ccccc4)c4c3oc3ccccc34)n2)cc1. The Morgan fingerprint density at radius 1 is 0.300 bits per heavy atom. The van der Waals surface area contributed by atoms with Gasteiger partial charge in [0, 0.05) is 27.1 Å². The van der Waals surface area contributed by atoms with E-state index in [1.54, 1.807) is 0 Å². The highest BCUT2D eigenvalue weighted by Gasteiger charge is 2.23. The summed E-state index contributed by atoms with van der Waals surface area (Å²) in [6, 6.07) is 55.6. The molecule has 0 atom stereocenters. The number of furan rings is 2. The maximum atomic E-state index is 6.65. The Hall–Kier alpha value is -6.85. The van der Waals surface area contributed by atoms with Crippen molar-refractivity contribution in [2.24, 2.45) is 0 Å². The molecule has 0 aliphatic heterocycles. The first kappa shape index (κ1) is 28.2. The molecule has 0 bridgehead atoms. The molecule has 3 aromatic heterocycles. The quantitative estimate of drug-likeness (QED) is 0.187. The average Bonchev–Trinajstić information content (AvgIpc) is 3.78. The first-order chi connectivity index (χ1) is 24.8. The van der Waals surface area contributed by atoms with Crippen LogP contribution in [0, 0.1) is 0 Å². The smallest absolute Gasteiger partial charge is 0.167 e. The molecular formula is C45H27N3O2. The zero-order valence-electron chi connectivity index (χ0n) is 26.7. The molecular weight excluding hydrogens is 615 g/mol. The van der Waals surface area contributed by atoms with Crippen LogP contribution in [0.3, 0.4) is 0 Å². The van der Waals surface area contributed by atoms with Crippen LogP contribution in [0.5, 0.6) is 0 Å². The van der Waals surface area contributed by atoms with Crippen LogP contribution in [0.4, 0.5) is 0 Å². The third-order valence-electron chi connectivity index (χ3n) is 9.37. The van der Waals surface area contributed by atoms with E-state index in [0.29, 0.717) is 17.5 Å². The maximum Gasteiger partial charge on any atom is 0.167 e. The molecule has 0 unspecified atom stereocenters. The largest absolute Gasteiger partial charge is 0.455 e. The topological polar surface area (TPSA) is 65.0 Å². The van der Waals surface area contributed by atoms with Gasteiger partial charge < -0.3 is 8.83 Å². The van der Waals surface area contributed by atoms with E-state index < -0.39 is 0 Å². The van der Waals surface area contributed by atoms with Crippen molar-refractivity contribution in [2.45, 2.75) is 0 Å². The first-order valence-corrected chi connectivity index (χ1v) is 16.6. The van der Waals surface area contributed by atoms with Gasteiger partial charge in [0.05, 0.1) is 11.1 Å². The minimum absolute atomic E-state index is 0.522. The predicted octanol–water partition coefficient (Wildman–Crippen LogP) is 12.0. The molecule has 0 saturated carbocycles. The Balaban J connectivity index is 1.26. The lowest BCUT2D eigenvalue weighted by Crippen LogP contribution is -2.01. The lowest BCUT2D eigenvalue weighted by atomic mass is 9.96. The fourth-order valence-corrected chi connectivity index (χ4v) is 7.06. The molecule has 0 N–H and O–H groups in total. The van der Waals surface area contributed by atoms with E-state index >= 15 is 0 Å². The number of rotatable bonds is 5. The van der Waals surface area contributed by atoms with Gasteiger partial charge in [-0.05, 0) is 46.5 Å². The third-order valence-corrected chi connectivity index (χ3v) is 9.37. The van der Waals surface area contributed by atoms with Gasteiger partial charge in [0.2, 0.25) is 0 Å². The van der Waals surface area contributed by atoms with Gasteiger partial charge in [-0.2, -0.15) is 0 Å². The summed E-state index contributed by atoms with van der Waals surface area (Å²) in [5.74, 6) is 1.61. The lowest BCUT2D eigenvalue weighted by Gasteiger charge is -2.11. The molecule has 10 aromatic rings. The van der Waals surface area contributed by atoms with Gasteiger partial charge >= 0.3 is 0 Å². The Bertz CT molecular complexity index is 2680. The summed E-state index contributed by atoms with van der Waals surface area (Å²) in [4.78, 5) is 15.4. The molecule has 50 heavy (non-hydrogen) atoms. The number of benzene rings is 7. The highest BCUT2D eigenvalue weighted by Crippen LogP contribution is 2.44. The predicted molar refractivity (Wildman–Crippen MR) is 202 cm³/mol. The molecule has 0 radical (unpaired) electrons. The standard InChI is InChI=1S/C45H27N3O2/c1-4-14-28(15-5-1)31-24-26-35(41-39(31)33-20-10-12-22-37(33)49-41)44-46-43(30-18-8-3-9-19-30)47-45(48-44)36-27-25-32(29-16-6-2-7-17-29)40-34-21-11-13-23-38(34)50-42(36)40/h1-27H. The van der Waals surface area contributed by atoms with Gasteiger partial charge in [0.25, 0.3) is 0 Å². The summed E-state index contributed by atoms with van der Waals surface area (Å²) < 4.78 is 13.3. The molecule has 234 valence electrons. The van der Waals surface area contributed by atoms with Crippen molar-refractivity contribution in [3.8, 4) is 56.4 Å². The van der Waals surface area contributed by atoms with Crippen LogP contribution in [-0.2, 0) is 0 Å². The van der Waals surface area contributed by atoms with E-state index in [2.05, 4.69) is 84.9 Å². The van der Waals surface area contributed by atoms with Crippen LogP contribution in [0.1, 0.15) is 0 Å². The van der Waals surface area contributed by atoms with Crippen molar-refractivity contribution in [3.63, 3.8) is 0 Å². The van der Waals surface area contributed by atoms with Crippen LogP contribution in [0.2, 0.25) is 0 Å². The Morgan fingerprint density at radius 3 is 1.12 bits per heavy atom. The van der Waals surface area contributed by atoms with Crippen LogP contribution in [-0.4, -0.2) is 15.0 Å². The first-order valence-electron chi connectivity index (χ1n) is 16.6. The van der Waals surface area contributed by atoms with Crippen molar-refractivity contribution in [3.05, 3.63) is 164 Å². The lowest BCUT2D eigenvalue weighted by molar-refractivity contribution is 0.669. The van der Waals surface area contributed by atoms with Gasteiger partial charge in [-0.25, -0.2) is 15.0 Å². The summed E-state index contributed by atoms with van der Waals surface area (Å²) in [7, 11) is 0. The van der Waals surface area contributed by atoms with Crippen molar-refractivity contribution in [2.75, 3.05) is 0 Å². The van der Waals surface area contributed by atoms with Crippen LogP contribution in [0.15, 0.2) is 173 Å². The molecule has 7 aromatic carbocycles. The Morgan fingerprint density at radius 2 is 0.660 bits per heavy atom. The van der Waals surface area contributed by atoms with E-state index in [-0.39, 0.29) is 0 Å². The number of aromatic nitrogens is 3. The Labute approximate surface area is 287 Å². The second-order valence-electron chi connectivity index (χ2n) is 12.3. The summed E-state index contributed by atoms with van der Waals surface area (Å²) in [6.07, 6.45) is 0. The van der Waals surface area contributed by atoms with Crippen molar-refractivity contribution in [1.29, 1.82) is 0 Å². The number of para-hydroxylation sites is 2.